The molecule has 9 nitrogen and oxygen atoms in total. The number of hydroxylamine groups is 2. The smallest absolute Gasteiger partial charge is 0.257 e. The zero-order chi connectivity index (χ0) is 24.5. The molecule has 5 rings (SSSR count). The summed E-state index contributed by atoms with van der Waals surface area (Å²) in [6.45, 7) is 1.56. The van der Waals surface area contributed by atoms with E-state index in [1.54, 1.807) is 19.1 Å². The zero-order valence-electron chi connectivity index (χ0n) is 18.8. The summed E-state index contributed by atoms with van der Waals surface area (Å²) < 4.78 is 10.8. The number of hydrogen-bond acceptors (Lipinski definition) is 8. The summed E-state index contributed by atoms with van der Waals surface area (Å²) in [7, 11) is 2.86. The van der Waals surface area contributed by atoms with Gasteiger partial charge in [0, 0.05) is 40.3 Å². The second-order valence-corrected chi connectivity index (χ2v) is 8.98. The van der Waals surface area contributed by atoms with E-state index in [-0.39, 0.29) is 63.3 Å². The number of carbonyl (C=O) groups is 4. The number of ketones is 2. The number of nitrogens with zero attached hydrogens (tertiary/aromatic N) is 1. The van der Waals surface area contributed by atoms with Gasteiger partial charge in [0.05, 0.1) is 26.1 Å². The maximum Gasteiger partial charge on any atom is 0.257 e. The summed E-state index contributed by atoms with van der Waals surface area (Å²) in [6.07, 6.45) is 3.34. The van der Waals surface area contributed by atoms with Crippen LogP contribution in [-0.4, -0.2) is 53.0 Å². The molecule has 3 aliphatic carbocycles. The van der Waals surface area contributed by atoms with Crippen molar-refractivity contribution in [3.8, 4) is 17.2 Å². The summed E-state index contributed by atoms with van der Waals surface area (Å²) in [6, 6.07) is 2.97. The Bertz CT molecular complexity index is 1270. The van der Waals surface area contributed by atoms with Crippen molar-refractivity contribution in [1.82, 2.24) is 5.06 Å². The minimum atomic E-state index is -0.869. The first-order valence-corrected chi connectivity index (χ1v) is 10.9. The molecule has 1 aromatic carbocycles. The molecule has 0 spiro atoms. The number of phenols is 1. The highest BCUT2D eigenvalue weighted by Gasteiger charge is 2.56. The number of hydrogen-bond donors (Lipinski definition) is 2. The van der Waals surface area contributed by atoms with Crippen LogP contribution in [0.1, 0.15) is 31.2 Å². The number of amides is 2. The lowest BCUT2D eigenvalue weighted by molar-refractivity contribution is -0.173. The molecule has 4 aliphatic rings. The van der Waals surface area contributed by atoms with Gasteiger partial charge < -0.3 is 14.6 Å². The average molecular weight is 465 g/mol. The Morgan fingerprint density at radius 3 is 2.44 bits per heavy atom. The maximum absolute atomic E-state index is 13.4. The van der Waals surface area contributed by atoms with Gasteiger partial charge >= 0.3 is 0 Å². The van der Waals surface area contributed by atoms with Gasteiger partial charge in [0.25, 0.3) is 11.8 Å². The predicted molar refractivity (Wildman–Crippen MR) is 116 cm³/mol. The summed E-state index contributed by atoms with van der Waals surface area (Å²) in [4.78, 5) is 51.7. The van der Waals surface area contributed by atoms with Crippen molar-refractivity contribution in [2.45, 2.75) is 25.7 Å². The summed E-state index contributed by atoms with van der Waals surface area (Å²) in [5.41, 5.74) is 1.69. The van der Waals surface area contributed by atoms with Crippen molar-refractivity contribution in [3.63, 3.8) is 0 Å². The van der Waals surface area contributed by atoms with Gasteiger partial charge in [0.1, 0.15) is 17.2 Å². The van der Waals surface area contributed by atoms with E-state index in [1.807, 2.05) is 0 Å². The normalized spacial score (nSPS) is 28.3. The molecule has 9 heteroatoms. The molecule has 0 saturated carbocycles. The number of phenolic OH excluding ortho intramolecular Hbond substituents is 1. The van der Waals surface area contributed by atoms with E-state index in [1.165, 1.54) is 26.4 Å². The van der Waals surface area contributed by atoms with Crippen molar-refractivity contribution < 1.29 is 39.0 Å². The Balaban J connectivity index is 1.77. The first-order valence-electron chi connectivity index (χ1n) is 10.9. The third kappa shape index (κ3) is 2.89. The minimum Gasteiger partial charge on any atom is -0.507 e. The van der Waals surface area contributed by atoms with Crippen LogP contribution in [-0.2, 0) is 19.2 Å². The Morgan fingerprint density at radius 1 is 1.03 bits per heavy atom. The van der Waals surface area contributed by atoms with Gasteiger partial charge in [-0.3, -0.25) is 24.4 Å². The van der Waals surface area contributed by atoms with Crippen LogP contribution in [0.5, 0.6) is 17.2 Å². The molecule has 34 heavy (non-hydrogen) atoms. The first-order chi connectivity index (χ1) is 16.2. The van der Waals surface area contributed by atoms with Crippen molar-refractivity contribution in [1.29, 1.82) is 0 Å². The van der Waals surface area contributed by atoms with Crippen LogP contribution in [0.3, 0.4) is 0 Å². The second kappa shape index (κ2) is 7.66. The van der Waals surface area contributed by atoms with Gasteiger partial charge in [0.2, 0.25) is 0 Å². The fourth-order valence-electron chi connectivity index (χ4n) is 5.84. The molecule has 2 N–H and O–H groups in total. The number of aromatic hydroxyl groups is 1. The van der Waals surface area contributed by atoms with Gasteiger partial charge in [-0.25, -0.2) is 0 Å². The largest absolute Gasteiger partial charge is 0.507 e. The fraction of sp³-hybridized carbons (Fsp3) is 0.360. The third-order valence-electron chi connectivity index (χ3n) is 7.38. The number of methoxy groups -OCH3 is 2. The number of carbonyl (C=O) groups excluding carboxylic acids is 4. The van der Waals surface area contributed by atoms with Crippen molar-refractivity contribution in [2.24, 2.45) is 17.8 Å². The fourth-order valence-corrected chi connectivity index (χ4v) is 5.84. The molecule has 1 fully saturated rings. The number of Topliss-reactive ketones (excluding diaryl/α,β-unsaturated/α-hetero) is 1. The maximum atomic E-state index is 13.4. The van der Waals surface area contributed by atoms with Crippen LogP contribution < -0.4 is 9.47 Å². The van der Waals surface area contributed by atoms with Gasteiger partial charge in [0.15, 0.2) is 11.6 Å². The molecule has 1 aliphatic heterocycles. The third-order valence-corrected chi connectivity index (χ3v) is 7.38. The van der Waals surface area contributed by atoms with Crippen LogP contribution in [0.2, 0.25) is 0 Å². The number of imide groups is 1. The second-order valence-electron chi connectivity index (χ2n) is 8.98. The Kier molecular flexibility index (Phi) is 4.98. The Labute approximate surface area is 194 Å². The number of benzene rings is 1. The molecule has 176 valence electrons. The average Bonchev–Trinajstić information content (AvgIpc) is 3.05. The molecular weight excluding hydrogens is 442 g/mol. The molecule has 4 atom stereocenters. The monoisotopic (exact) mass is 465 g/mol. The quantitative estimate of drug-likeness (QED) is 0.301. The van der Waals surface area contributed by atoms with Gasteiger partial charge in [-0.1, -0.05) is 11.6 Å². The topological polar surface area (TPSA) is 130 Å². The van der Waals surface area contributed by atoms with E-state index in [4.69, 9.17) is 9.47 Å². The lowest BCUT2D eigenvalue weighted by Crippen LogP contribution is -2.39. The predicted octanol–water partition coefficient (Wildman–Crippen LogP) is 2.23. The highest BCUT2D eigenvalue weighted by molar-refractivity contribution is 6.24. The van der Waals surface area contributed by atoms with Crippen molar-refractivity contribution in [2.75, 3.05) is 14.2 Å². The van der Waals surface area contributed by atoms with Crippen LogP contribution in [0.4, 0.5) is 0 Å². The van der Waals surface area contributed by atoms with E-state index in [0.717, 1.165) is 0 Å². The summed E-state index contributed by atoms with van der Waals surface area (Å²) in [5, 5.41) is 21.2. The molecular formula is C25H23NO8. The highest BCUT2D eigenvalue weighted by atomic mass is 16.5. The minimum absolute atomic E-state index is 0.0826. The molecule has 1 saturated heterocycles. The van der Waals surface area contributed by atoms with Crippen LogP contribution >= 0.6 is 0 Å². The number of rotatable bonds is 3. The molecule has 0 aromatic heterocycles. The molecule has 0 bridgehead atoms. The van der Waals surface area contributed by atoms with E-state index in [2.05, 4.69) is 0 Å². The van der Waals surface area contributed by atoms with Crippen LogP contribution in [0.25, 0.3) is 0 Å². The van der Waals surface area contributed by atoms with E-state index in [0.29, 0.717) is 11.3 Å². The number of allylic oxidation sites excluding steroid dienone is 6. The zero-order valence-corrected chi connectivity index (χ0v) is 18.8. The Morgan fingerprint density at radius 2 is 1.76 bits per heavy atom. The lowest BCUT2D eigenvalue weighted by Gasteiger charge is -2.42. The number of ether oxygens (including phenoxy) is 2. The van der Waals surface area contributed by atoms with Gasteiger partial charge in [-0.2, -0.15) is 5.06 Å². The van der Waals surface area contributed by atoms with Gasteiger partial charge in [-0.15, -0.1) is 0 Å². The first kappa shape index (κ1) is 22.1. The molecule has 1 heterocycles. The lowest BCUT2D eigenvalue weighted by atomic mass is 9.59. The van der Waals surface area contributed by atoms with Crippen molar-refractivity contribution >= 4 is 23.4 Å². The van der Waals surface area contributed by atoms with E-state index >= 15 is 0 Å². The Hall–Kier alpha value is -3.72. The molecule has 2 amide bonds. The summed E-state index contributed by atoms with van der Waals surface area (Å²) in [5.74, 6) is -4.75. The SMILES string of the molecule is COc1cc(O)c([C@H]2C3=CC[C@@H]4C(=O)N(O)C(=O)[C@@H]4[C@@H]3CC3=C2C(=O)C(C)=CC3=O)c(OC)c1. The number of fused-ring (bicyclic) bond motifs is 3. The highest BCUT2D eigenvalue weighted by Crippen LogP contribution is 2.57. The standard InChI is InChI=1S/C25H23NO8/c1-10-6-16(27)15-9-14-12(4-5-13-19(14)25(31)26(32)24(13)30)20(21(15)23(10)29)22-17(28)7-11(33-2)8-18(22)34-3/h4,6-8,13-14,19-20,28,32H,5,9H2,1-3H3/t13-,14+,19-,20-/m0/s1. The van der Waals surface area contributed by atoms with Crippen LogP contribution in [0, 0.1) is 17.8 Å². The summed E-state index contributed by atoms with van der Waals surface area (Å²) >= 11 is 0. The van der Waals surface area contributed by atoms with Crippen LogP contribution in [0.15, 0.2) is 46.6 Å². The molecule has 0 radical (unpaired) electrons. The van der Waals surface area contributed by atoms with Gasteiger partial charge in [-0.05, 0) is 31.8 Å². The molecule has 1 aromatic rings. The molecule has 0 unspecified atom stereocenters. The van der Waals surface area contributed by atoms with Crippen molar-refractivity contribution in [3.05, 3.63) is 52.1 Å². The van der Waals surface area contributed by atoms with E-state index in [9.17, 15) is 29.5 Å². The van der Waals surface area contributed by atoms with E-state index < -0.39 is 35.5 Å².